The molecule has 0 bridgehead atoms. The Labute approximate surface area is 196 Å². The summed E-state index contributed by atoms with van der Waals surface area (Å²) >= 11 is 1.75. The number of carbonyl (C=O) groups excluding carboxylic acids is 1. The van der Waals surface area contributed by atoms with E-state index in [4.69, 9.17) is 5.73 Å². The second-order valence-corrected chi connectivity index (χ2v) is 12.1. The minimum Gasteiger partial charge on any atom is -0.390 e. The molecular formula is C26H39N3O2S. The number of thiophene rings is 1. The van der Waals surface area contributed by atoms with E-state index in [9.17, 15) is 9.90 Å². The third-order valence-electron chi connectivity index (χ3n) is 7.13. The van der Waals surface area contributed by atoms with Gasteiger partial charge in [-0.25, -0.2) is 0 Å². The van der Waals surface area contributed by atoms with Gasteiger partial charge in [0.05, 0.1) is 12.1 Å². The molecular weight excluding hydrogens is 418 g/mol. The van der Waals surface area contributed by atoms with Gasteiger partial charge in [0.1, 0.15) is 0 Å². The van der Waals surface area contributed by atoms with Crippen LogP contribution in [0.3, 0.4) is 0 Å². The Morgan fingerprint density at radius 2 is 1.97 bits per heavy atom. The minimum atomic E-state index is -0.662. The standard InChI is InChI=1S/C26H39N3O2S/c1-26(2,3)28-25(31)22-13-17-8-4-5-10-19(17)15-29(22)16-23(30)21(27)14-20-12-18-9-6-7-11-24(18)32-20/h6-7,9,11-12,17,19,21-23,30H,4-5,8,10,13-16,27H2,1-3H3,(H,28,31)/t17-,19+,21-,22-,23+/m0/s1. The highest BCUT2D eigenvalue weighted by atomic mass is 32.1. The average Bonchev–Trinajstić information content (AvgIpc) is 3.14. The molecule has 2 fully saturated rings. The largest absolute Gasteiger partial charge is 0.390 e. The normalized spacial score (nSPS) is 26.5. The van der Waals surface area contributed by atoms with Gasteiger partial charge in [-0.1, -0.05) is 37.5 Å². The summed E-state index contributed by atoms with van der Waals surface area (Å²) in [7, 11) is 0. The predicted octanol–water partition coefficient (Wildman–Crippen LogP) is 3.93. The first kappa shape index (κ1) is 23.7. The first-order valence-electron chi connectivity index (χ1n) is 12.2. The average molecular weight is 458 g/mol. The van der Waals surface area contributed by atoms with E-state index in [1.54, 1.807) is 11.3 Å². The number of hydrogen-bond donors (Lipinski definition) is 3. The van der Waals surface area contributed by atoms with Gasteiger partial charge in [0.2, 0.25) is 5.91 Å². The zero-order chi connectivity index (χ0) is 22.9. The number of likely N-dealkylation sites (tertiary alicyclic amines) is 1. The van der Waals surface area contributed by atoms with E-state index in [2.05, 4.69) is 34.5 Å². The number of aliphatic hydroxyl groups excluding tert-OH is 1. The number of nitrogens with two attached hydrogens (primary N) is 1. The minimum absolute atomic E-state index is 0.0896. The number of nitrogens with zero attached hydrogens (tertiary/aromatic N) is 1. The van der Waals surface area contributed by atoms with Crippen molar-refractivity contribution in [2.45, 2.75) is 83.0 Å². The second-order valence-electron chi connectivity index (χ2n) is 10.9. The number of aliphatic hydroxyl groups is 1. The molecule has 32 heavy (non-hydrogen) atoms. The van der Waals surface area contributed by atoms with E-state index in [1.165, 1.54) is 40.6 Å². The van der Waals surface area contributed by atoms with Crippen LogP contribution in [0, 0.1) is 11.8 Å². The van der Waals surface area contributed by atoms with Gasteiger partial charge in [0.15, 0.2) is 0 Å². The Bertz CT molecular complexity index is 888. The summed E-state index contributed by atoms with van der Waals surface area (Å²) in [6.45, 7) is 7.42. The summed E-state index contributed by atoms with van der Waals surface area (Å²) < 4.78 is 1.25. The molecule has 1 aromatic carbocycles. The molecule has 0 radical (unpaired) electrons. The quantitative estimate of drug-likeness (QED) is 0.614. The first-order valence-corrected chi connectivity index (χ1v) is 13.0. The molecule has 1 saturated carbocycles. The van der Waals surface area contributed by atoms with Crippen LogP contribution in [-0.2, 0) is 11.2 Å². The highest BCUT2D eigenvalue weighted by molar-refractivity contribution is 7.19. The van der Waals surface area contributed by atoms with Crippen molar-refractivity contribution in [2.24, 2.45) is 17.6 Å². The lowest BCUT2D eigenvalue weighted by Gasteiger charge is -2.46. The SMILES string of the molecule is CC(C)(C)NC(=O)[C@@H]1C[C@@H]2CCCC[C@@H]2CN1C[C@@H](O)[C@@H](N)Cc1cc2ccccc2s1. The maximum atomic E-state index is 13.2. The lowest BCUT2D eigenvalue weighted by atomic mass is 9.72. The Morgan fingerprint density at radius 1 is 1.25 bits per heavy atom. The van der Waals surface area contributed by atoms with Crippen molar-refractivity contribution < 1.29 is 9.90 Å². The summed E-state index contributed by atoms with van der Waals surface area (Å²) in [5.41, 5.74) is 6.21. The molecule has 1 aliphatic heterocycles. The van der Waals surface area contributed by atoms with E-state index in [1.807, 2.05) is 26.8 Å². The Morgan fingerprint density at radius 3 is 2.69 bits per heavy atom. The van der Waals surface area contributed by atoms with Gasteiger partial charge in [-0.3, -0.25) is 9.69 Å². The molecule has 5 atom stereocenters. The molecule has 1 saturated heterocycles. The number of nitrogens with one attached hydrogen (secondary N) is 1. The van der Waals surface area contributed by atoms with Crippen molar-refractivity contribution >= 4 is 27.3 Å². The fraction of sp³-hybridized carbons (Fsp3) is 0.654. The summed E-state index contributed by atoms with van der Waals surface area (Å²) in [4.78, 5) is 16.6. The van der Waals surface area contributed by atoms with E-state index in [-0.39, 0.29) is 23.5 Å². The van der Waals surface area contributed by atoms with Crippen LogP contribution in [0.25, 0.3) is 10.1 Å². The maximum absolute atomic E-state index is 13.2. The topological polar surface area (TPSA) is 78.6 Å². The first-order chi connectivity index (χ1) is 15.2. The summed E-state index contributed by atoms with van der Waals surface area (Å²) in [5.74, 6) is 1.35. The smallest absolute Gasteiger partial charge is 0.237 e. The van der Waals surface area contributed by atoms with Crippen molar-refractivity contribution in [3.05, 3.63) is 35.2 Å². The van der Waals surface area contributed by atoms with Crippen LogP contribution in [0.2, 0.25) is 0 Å². The molecule has 6 heteroatoms. The molecule has 2 heterocycles. The summed E-state index contributed by atoms with van der Waals surface area (Å²) in [6, 6.07) is 9.99. The van der Waals surface area contributed by atoms with Gasteiger partial charge in [-0.2, -0.15) is 0 Å². The van der Waals surface area contributed by atoms with Crippen molar-refractivity contribution in [3.63, 3.8) is 0 Å². The molecule has 4 rings (SSSR count). The van der Waals surface area contributed by atoms with Gasteiger partial charge in [-0.05, 0) is 69.4 Å². The second kappa shape index (κ2) is 9.80. The van der Waals surface area contributed by atoms with Gasteiger partial charge < -0.3 is 16.2 Å². The van der Waals surface area contributed by atoms with Crippen LogP contribution in [0.1, 0.15) is 57.8 Å². The van der Waals surface area contributed by atoms with Crippen LogP contribution in [-0.4, -0.2) is 52.7 Å². The van der Waals surface area contributed by atoms with E-state index >= 15 is 0 Å². The zero-order valence-corrected chi connectivity index (χ0v) is 20.5. The van der Waals surface area contributed by atoms with Crippen LogP contribution in [0.4, 0.5) is 0 Å². The monoisotopic (exact) mass is 457 g/mol. The van der Waals surface area contributed by atoms with Crippen molar-refractivity contribution in [1.82, 2.24) is 10.2 Å². The molecule has 0 spiro atoms. The van der Waals surface area contributed by atoms with Gasteiger partial charge >= 0.3 is 0 Å². The Kier molecular flexibility index (Phi) is 7.25. The Hall–Kier alpha value is -1.47. The van der Waals surface area contributed by atoms with Crippen molar-refractivity contribution in [3.8, 4) is 0 Å². The Balaban J connectivity index is 1.43. The zero-order valence-electron chi connectivity index (χ0n) is 19.7. The molecule has 2 aliphatic rings. The molecule has 4 N–H and O–H groups in total. The van der Waals surface area contributed by atoms with Crippen molar-refractivity contribution in [2.75, 3.05) is 13.1 Å². The van der Waals surface area contributed by atoms with Gasteiger partial charge in [-0.15, -0.1) is 11.3 Å². The highest BCUT2D eigenvalue weighted by Crippen LogP contribution is 2.39. The lowest BCUT2D eigenvalue weighted by molar-refractivity contribution is -0.132. The number of benzene rings is 1. The van der Waals surface area contributed by atoms with E-state index < -0.39 is 6.10 Å². The van der Waals surface area contributed by atoms with Crippen LogP contribution >= 0.6 is 11.3 Å². The lowest BCUT2D eigenvalue weighted by Crippen LogP contribution is -2.59. The van der Waals surface area contributed by atoms with Crippen molar-refractivity contribution in [1.29, 1.82) is 0 Å². The molecule has 1 aliphatic carbocycles. The number of rotatable bonds is 6. The summed E-state index contributed by atoms with van der Waals surface area (Å²) in [5, 5.41) is 15.4. The van der Waals surface area contributed by atoms with E-state index in [0.717, 1.165) is 13.0 Å². The number of piperidine rings is 1. The molecule has 1 aromatic heterocycles. The highest BCUT2D eigenvalue weighted by Gasteiger charge is 2.41. The summed E-state index contributed by atoms with van der Waals surface area (Å²) in [6.07, 6.45) is 5.90. The van der Waals surface area contributed by atoms with Gasteiger partial charge in [0.25, 0.3) is 0 Å². The third kappa shape index (κ3) is 5.71. The number of fused-ring (bicyclic) bond motifs is 2. The fourth-order valence-electron chi connectivity index (χ4n) is 5.51. The van der Waals surface area contributed by atoms with Crippen LogP contribution < -0.4 is 11.1 Å². The predicted molar refractivity (Wildman–Crippen MR) is 133 cm³/mol. The van der Waals surface area contributed by atoms with E-state index in [0.29, 0.717) is 24.8 Å². The van der Waals surface area contributed by atoms with Crippen LogP contribution in [0.15, 0.2) is 30.3 Å². The van der Waals surface area contributed by atoms with Crippen LogP contribution in [0.5, 0.6) is 0 Å². The molecule has 2 aromatic rings. The number of β-amino-alcohol motifs (C(OH)–C–C–N with tert-alkyl or cyclic N) is 1. The fourth-order valence-corrected chi connectivity index (χ4v) is 6.64. The molecule has 5 nitrogen and oxygen atoms in total. The molecule has 1 amide bonds. The molecule has 0 unspecified atom stereocenters. The van der Waals surface area contributed by atoms with Gasteiger partial charge in [0, 0.05) is 34.2 Å². The third-order valence-corrected chi connectivity index (χ3v) is 8.27. The molecule has 176 valence electrons. The maximum Gasteiger partial charge on any atom is 0.237 e. The number of amides is 1. The number of hydrogen-bond acceptors (Lipinski definition) is 5. The number of carbonyl (C=O) groups is 1.